The van der Waals surface area contributed by atoms with E-state index in [0.29, 0.717) is 5.54 Å². The topological polar surface area (TPSA) is 38.7 Å². The van der Waals surface area contributed by atoms with Crippen LogP contribution in [0.25, 0.3) is 0 Å². The van der Waals surface area contributed by atoms with Gasteiger partial charge in [0.05, 0.1) is 6.61 Å². The molecular formula is C16H35N3O. The lowest BCUT2D eigenvalue weighted by Crippen LogP contribution is -2.53. The summed E-state index contributed by atoms with van der Waals surface area (Å²) in [5.74, 6) is 0. The first-order chi connectivity index (χ1) is 9.30. The summed E-state index contributed by atoms with van der Waals surface area (Å²) in [5, 5.41) is 12.9. The Labute approximate surface area is 125 Å². The van der Waals surface area contributed by atoms with E-state index in [4.69, 9.17) is 0 Å². The zero-order chi connectivity index (χ0) is 15.2. The van der Waals surface area contributed by atoms with Gasteiger partial charge in [0.25, 0.3) is 0 Å². The van der Waals surface area contributed by atoms with Gasteiger partial charge in [0, 0.05) is 37.3 Å². The molecule has 1 heterocycles. The van der Waals surface area contributed by atoms with E-state index in [-0.39, 0.29) is 12.1 Å². The maximum atomic E-state index is 9.49. The monoisotopic (exact) mass is 285 g/mol. The third kappa shape index (κ3) is 5.68. The zero-order valence-corrected chi connectivity index (χ0v) is 14.2. The number of nitrogens with zero attached hydrogens (tertiary/aromatic N) is 2. The predicted molar refractivity (Wildman–Crippen MR) is 86.2 cm³/mol. The quantitative estimate of drug-likeness (QED) is 0.744. The number of hydrogen-bond acceptors (Lipinski definition) is 4. The molecule has 0 radical (unpaired) electrons. The largest absolute Gasteiger partial charge is 0.394 e. The van der Waals surface area contributed by atoms with Crippen molar-refractivity contribution in [2.45, 2.75) is 58.5 Å². The highest BCUT2D eigenvalue weighted by molar-refractivity contribution is 4.84. The minimum absolute atomic E-state index is 0.109. The van der Waals surface area contributed by atoms with E-state index in [1.54, 1.807) is 0 Å². The molecule has 1 unspecified atom stereocenters. The Balaban J connectivity index is 2.25. The lowest BCUT2D eigenvalue weighted by atomic mass is 9.96. The highest BCUT2D eigenvalue weighted by Crippen LogP contribution is 2.17. The first kappa shape index (κ1) is 17.9. The summed E-state index contributed by atoms with van der Waals surface area (Å²) in [6.45, 7) is 18.1. The molecule has 1 aliphatic rings. The van der Waals surface area contributed by atoms with Crippen LogP contribution in [0.4, 0.5) is 0 Å². The summed E-state index contributed by atoms with van der Waals surface area (Å²) < 4.78 is 0. The second-order valence-corrected chi connectivity index (χ2v) is 7.35. The highest BCUT2D eigenvalue weighted by Gasteiger charge is 2.26. The van der Waals surface area contributed by atoms with Gasteiger partial charge < -0.3 is 15.3 Å². The summed E-state index contributed by atoms with van der Waals surface area (Å²) in [5.41, 5.74) is 0.189. The third-order valence-electron chi connectivity index (χ3n) is 4.48. The average molecular weight is 285 g/mol. The predicted octanol–water partition coefficient (Wildman–Crippen LogP) is 1.54. The maximum Gasteiger partial charge on any atom is 0.0610 e. The molecule has 0 saturated carbocycles. The van der Waals surface area contributed by atoms with Gasteiger partial charge in [-0.25, -0.2) is 0 Å². The van der Waals surface area contributed by atoms with Crippen molar-refractivity contribution in [2.24, 2.45) is 0 Å². The van der Waals surface area contributed by atoms with E-state index in [1.165, 1.54) is 26.2 Å². The van der Waals surface area contributed by atoms with Crippen molar-refractivity contribution in [1.82, 2.24) is 15.1 Å². The van der Waals surface area contributed by atoms with Gasteiger partial charge in [-0.15, -0.1) is 0 Å². The number of likely N-dealkylation sites (N-methyl/N-ethyl adjacent to an activating group) is 1. The minimum Gasteiger partial charge on any atom is -0.394 e. The van der Waals surface area contributed by atoms with Crippen molar-refractivity contribution in [1.29, 1.82) is 0 Å². The average Bonchev–Trinajstić information content (AvgIpc) is 2.38. The summed E-state index contributed by atoms with van der Waals surface area (Å²) in [6, 6.07) is 0. The number of aliphatic hydroxyl groups is 1. The van der Waals surface area contributed by atoms with Crippen LogP contribution in [0.1, 0.15) is 47.5 Å². The Morgan fingerprint density at radius 2 is 1.65 bits per heavy atom. The van der Waals surface area contributed by atoms with Crippen LogP contribution in [0, 0.1) is 0 Å². The van der Waals surface area contributed by atoms with Crippen molar-refractivity contribution < 1.29 is 5.11 Å². The Morgan fingerprint density at radius 1 is 1.05 bits per heavy atom. The summed E-state index contributed by atoms with van der Waals surface area (Å²) in [4.78, 5) is 5.13. The molecule has 4 nitrogen and oxygen atoms in total. The summed E-state index contributed by atoms with van der Waals surface area (Å²) in [7, 11) is 0. The van der Waals surface area contributed by atoms with E-state index in [9.17, 15) is 5.11 Å². The van der Waals surface area contributed by atoms with Crippen molar-refractivity contribution in [3.8, 4) is 0 Å². The molecule has 0 spiro atoms. The molecule has 1 saturated heterocycles. The second kappa shape index (κ2) is 7.74. The van der Waals surface area contributed by atoms with E-state index >= 15 is 0 Å². The number of aliphatic hydroxyl groups excluding tert-OH is 1. The van der Waals surface area contributed by atoms with Crippen LogP contribution in [0.5, 0.6) is 0 Å². The van der Waals surface area contributed by atoms with Crippen LogP contribution in [0.15, 0.2) is 0 Å². The minimum atomic E-state index is -0.109. The van der Waals surface area contributed by atoms with Crippen LogP contribution >= 0.6 is 0 Å². The van der Waals surface area contributed by atoms with Gasteiger partial charge in [0.1, 0.15) is 0 Å². The molecule has 1 aliphatic heterocycles. The van der Waals surface area contributed by atoms with Crippen molar-refractivity contribution in [3.63, 3.8) is 0 Å². The fourth-order valence-corrected chi connectivity index (χ4v) is 2.99. The van der Waals surface area contributed by atoms with Crippen LogP contribution in [0.2, 0.25) is 0 Å². The molecule has 0 aromatic heterocycles. The zero-order valence-electron chi connectivity index (χ0n) is 14.2. The Morgan fingerprint density at radius 3 is 2.10 bits per heavy atom. The van der Waals surface area contributed by atoms with Crippen molar-refractivity contribution >= 4 is 0 Å². The maximum absolute atomic E-state index is 9.49. The second-order valence-electron chi connectivity index (χ2n) is 7.35. The molecular weight excluding hydrogens is 250 g/mol. The van der Waals surface area contributed by atoms with Gasteiger partial charge in [-0.1, -0.05) is 6.92 Å². The molecule has 1 fully saturated rings. The van der Waals surface area contributed by atoms with Crippen molar-refractivity contribution in [2.75, 3.05) is 45.9 Å². The number of rotatable bonds is 7. The molecule has 0 aromatic rings. The van der Waals surface area contributed by atoms with E-state index in [2.05, 4.69) is 49.7 Å². The number of nitrogens with one attached hydrogen (secondary N) is 1. The summed E-state index contributed by atoms with van der Waals surface area (Å²) in [6.07, 6.45) is 2.19. The first-order valence-corrected chi connectivity index (χ1v) is 8.14. The molecule has 1 atom stereocenters. The molecule has 2 N–H and O–H groups in total. The summed E-state index contributed by atoms with van der Waals surface area (Å²) >= 11 is 0. The van der Waals surface area contributed by atoms with Gasteiger partial charge in [-0.2, -0.15) is 0 Å². The van der Waals surface area contributed by atoms with Crippen LogP contribution in [-0.2, 0) is 0 Å². The van der Waals surface area contributed by atoms with E-state index in [0.717, 1.165) is 25.9 Å². The van der Waals surface area contributed by atoms with Gasteiger partial charge in [-0.05, 0) is 53.6 Å². The smallest absolute Gasteiger partial charge is 0.0610 e. The molecule has 20 heavy (non-hydrogen) atoms. The molecule has 0 amide bonds. The molecule has 120 valence electrons. The lowest BCUT2D eigenvalue weighted by molar-refractivity contribution is 0.0596. The van der Waals surface area contributed by atoms with E-state index in [1.807, 2.05) is 0 Å². The standard InChI is InChI=1S/C16H35N3O/c1-6-17-16(5,14-20)8-7-9-18-10-12-19(13-11-18)15(2,3)4/h17,20H,6-14H2,1-5H3. The molecule has 4 heteroatoms. The van der Waals surface area contributed by atoms with Gasteiger partial charge >= 0.3 is 0 Å². The van der Waals surface area contributed by atoms with Gasteiger partial charge in [-0.3, -0.25) is 4.90 Å². The Hall–Kier alpha value is -0.160. The third-order valence-corrected chi connectivity index (χ3v) is 4.48. The van der Waals surface area contributed by atoms with Crippen LogP contribution in [0.3, 0.4) is 0 Å². The molecule has 0 aliphatic carbocycles. The van der Waals surface area contributed by atoms with Crippen molar-refractivity contribution in [3.05, 3.63) is 0 Å². The molecule has 0 aromatic carbocycles. The van der Waals surface area contributed by atoms with Crippen LogP contribution in [-0.4, -0.2) is 71.9 Å². The van der Waals surface area contributed by atoms with Gasteiger partial charge in [0.2, 0.25) is 0 Å². The van der Waals surface area contributed by atoms with Gasteiger partial charge in [0.15, 0.2) is 0 Å². The van der Waals surface area contributed by atoms with E-state index < -0.39 is 0 Å². The lowest BCUT2D eigenvalue weighted by Gasteiger charge is -2.42. The fourth-order valence-electron chi connectivity index (χ4n) is 2.99. The molecule has 1 rings (SSSR count). The first-order valence-electron chi connectivity index (χ1n) is 8.14. The normalized spacial score (nSPS) is 21.9. The fraction of sp³-hybridized carbons (Fsp3) is 1.00. The SMILES string of the molecule is CCNC(C)(CO)CCCN1CCN(C(C)(C)C)CC1. The number of hydrogen-bond donors (Lipinski definition) is 2. The van der Waals surface area contributed by atoms with Crippen LogP contribution < -0.4 is 5.32 Å². The Kier molecular flexibility index (Phi) is 6.92. The highest BCUT2D eigenvalue weighted by atomic mass is 16.3. The molecule has 0 bridgehead atoms. The number of piperazine rings is 1. The Bertz CT molecular complexity index is 269.